The van der Waals surface area contributed by atoms with Gasteiger partial charge in [0.1, 0.15) is 17.3 Å². The maximum absolute atomic E-state index is 12.4. The Balaban J connectivity index is 1.76. The number of ether oxygens (including phenoxy) is 3. The molecule has 8 heteroatoms. The summed E-state index contributed by atoms with van der Waals surface area (Å²) >= 11 is 0. The Kier molecular flexibility index (Phi) is 5.96. The number of rotatable bonds is 7. The summed E-state index contributed by atoms with van der Waals surface area (Å²) in [5, 5.41) is 16.9. The molecule has 1 aliphatic rings. The molecule has 8 nitrogen and oxygen atoms in total. The van der Waals surface area contributed by atoms with Gasteiger partial charge in [0.2, 0.25) is 6.79 Å². The summed E-state index contributed by atoms with van der Waals surface area (Å²) in [4.78, 5) is 12.4. The zero-order chi connectivity index (χ0) is 21.6. The minimum Gasteiger partial charge on any atom is -0.454 e. The highest BCUT2D eigenvalue weighted by Crippen LogP contribution is 2.37. The lowest BCUT2D eigenvalue weighted by Crippen LogP contribution is -2.27. The number of nitrogens with zero attached hydrogens (tertiary/aromatic N) is 3. The summed E-state index contributed by atoms with van der Waals surface area (Å²) in [6, 6.07) is 17.1. The molecule has 31 heavy (non-hydrogen) atoms. The first-order chi connectivity index (χ1) is 15.2. The minimum atomic E-state index is -0.469. The van der Waals surface area contributed by atoms with Gasteiger partial charge in [-0.15, -0.1) is 0 Å². The molecule has 1 N–H and O–H groups in total. The number of nitriles is 1. The van der Waals surface area contributed by atoms with Gasteiger partial charge in [0.25, 0.3) is 5.91 Å². The highest BCUT2D eigenvalue weighted by Gasteiger charge is 2.19. The first-order valence-corrected chi connectivity index (χ1v) is 9.63. The molecule has 1 aromatic heterocycles. The van der Waals surface area contributed by atoms with Gasteiger partial charge in [0.15, 0.2) is 11.5 Å². The van der Waals surface area contributed by atoms with Crippen LogP contribution >= 0.6 is 0 Å². The molecular weight excluding hydrogens is 396 g/mol. The van der Waals surface area contributed by atoms with Crippen molar-refractivity contribution in [2.45, 2.75) is 0 Å². The van der Waals surface area contributed by atoms with Crippen LogP contribution in [0.25, 0.3) is 23.0 Å². The van der Waals surface area contributed by atoms with Gasteiger partial charge in [0.05, 0.1) is 12.3 Å². The fourth-order valence-corrected chi connectivity index (χ4v) is 3.14. The average Bonchev–Trinajstić information content (AvgIpc) is 3.44. The van der Waals surface area contributed by atoms with Gasteiger partial charge in [0, 0.05) is 31.0 Å². The first kappa shape index (κ1) is 20.2. The van der Waals surface area contributed by atoms with E-state index in [4.69, 9.17) is 19.3 Å². The van der Waals surface area contributed by atoms with Crippen LogP contribution in [-0.2, 0) is 9.53 Å². The van der Waals surface area contributed by atoms with E-state index in [1.54, 1.807) is 18.0 Å². The van der Waals surface area contributed by atoms with Gasteiger partial charge < -0.3 is 19.5 Å². The quantitative estimate of drug-likeness (QED) is 0.361. The number of aromatic nitrogens is 2. The third-order valence-corrected chi connectivity index (χ3v) is 4.67. The van der Waals surface area contributed by atoms with Crippen LogP contribution in [0.4, 0.5) is 0 Å². The van der Waals surface area contributed by atoms with Gasteiger partial charge >= 0.3 is 0 Å². The van der Waals surface area contributed by atoms with Crippen LogP contribution in [0.2, 0.25) is 0 Å². The second-order valence-electron chi connectivity index (χ2n) is 6.70. The first-order valence-electron chi connectivity index (χ1n) is 9.63. The third kappa shape index (κ3) is 4.42. The Hall–Kier alpha value is -4.09. The van der Waals surface area contributed by atoms with Crippen molar-refractivity contribution in [3.63, 3.8) is 0 Å². The average molecular weight is 416 g/mol. The summed E-state index contributed by atoms with van der Waals surface area (Å²) in [5.74, 6) is 0.821. The van der Waals surface area contributed by atoms with Crippen molar-refractivity contribution in [3.05, 3.63) is 65.9 Å². The lowest BCUT2D eigenvalue weighted by molar-refractivity contribution is -0.117. The maximum atomic E-state index is 12.4. The predicted octanol–water partition coefficient (Wildman–Crippen LogP) is 2.94. The van der Waals surface area contributed by atoms with Crippen molar-refractivity contribution in [1.29, 1.82) is 5.26 Å². The van der Waals surface area contributed by atoms with E-state index < -0.39 is 5.91 Å². The molecule has 0 atom stereocenters. The topological polar surface area (TPSA) is 98.4 Å². The number of para-hydroxylation sites is 1. The van der Waals surface area contributed by atoms with E-state index in [1.165, 1.54) is 6.08 Å². The van der Waals surface area contributed by atoms with Crippen LogP contribution in [0.15, 0.2) is 60.3 Å². The van der Waals surface area contributed by atoms with Crippen molar-refractivity contribution < 1.29 is 19.0 Å². The number of carbonyl (C=O) groups is 1. The second-order valence-corrected chi connectivity index (χ2v) is 6.70. The van der Waals surface area contributed by atoms with Gasteiger partial charge in [-0.1, -0.05) is 18.2 Å². The van der Waals surface area contributed by atoms with Crippen molar-refractivity contribution in [2.75, 3.05) is 27.1 Å². The van der Waals surface area contributed by atoms with E-state index in [2.05, 4.69) is 5.32 Å². The molecule has 156 valence electrons. The molecule has 1 amide bonds. The second kappa shape index (κ2) is 9.15. The molecule has 0 saturated carbocycles. The lowest BCUT2D eigenvalue weighted by atomic mass is 10.1. The highest BCUT2D eigenvalue weighted by molar-refractivity contribution is 6.02. The zero-order valence-electron chi connectivity index (χ0n) is 16.9. The predicted molar refractivity (Wildman–Crippen MR) is 114 cm³/mol. The van der Waals surface area contributed by atoms with Gasteiger partial charge in [-0.2, -0.15) is 10.4 Å². The molecule has 4 rings (SSSR count). The normalized spacial score (nSPS) is 12.5. The molecule has 0 saturated heterocycles. The number of fused-ring (bicyclic) bond motifs is 1. The number of benzene rings is 2. The standard InChI is InChI=1S/C23H20N4O4/c1-29-10-9-25-23(28)17(13-24)11-18-14-27(19-5-3-2-4-6-19)26-22(18)16-7-8-20-21(12-16)31-15-30-20/h2-8,11-12,14H,9-10,15H2,1H3,(H,25,28)/b17-11+. The monoisotopic (exact) mass is 416 g/mol. The fraction of sp³-hybridized carbons (Fsp3) is 0.174. The third-order valence-electron chi connectivity index (χ3n) is 4.67. The van der Waals surface area contributed by atoms with E-state index in [1.807, 2.05) is 54.6 Å². The van der Waals surface area contributed by atoms with E-state index in [0.29, 0.717) is 35.9 Å². The molecule has 1 aliphatic heterocycles. The Morgan fingerprint density at radius 1 is 1.26 bits per heavy atom. The minimum absolute atomic E-state index is 0.0225. The number of carbonyl (C=O) groups excluding carboxylic acids is 1. The maximum Gasteiger partial charge on any atom is 0.262 e. The molecular formula is C23H20N4O4. The summed E-state index contributed by atoms with van der Waals surface area (Å²) in [7, 11) is 1.54. The molecule has 2 aromatic carbocycles. The summed E-state index contributed by atoms with van der Waals surface area (Å²) in [5.41, 5.74) is 2.85. The van der Waals surface area contributed by atoms with Crippen LogP contribution in [0, 0.1) is 11.3 Å². The van der Waals surface area contributed by atoms with E-state index in [0.717, 1.165) is 11.3 Å². The molecule has 2 heterocycles. The number of amides is 1. The van der Waals surface area contributed by atoms with E-state index in [-0.39, 0.29) is 12.4 Å². The molecule has 0 unspecified atom stereocenters. The Bertz CT molecular complexity index is 1160. The summed E-state index contributed by atoms with van der Waals surface area (Å²) in [6.45, 7) is 0.843. The molecule has 0 spiro atoms. The molecule has 0 aliphatic carbocycles. The van der Waals surface area contributed by atoms with Crippen molar-refractivity contribution in [1.82, 2.24) is 15.1 Å². The van der Waals surface area contributed by atoms with Crippen LogP contribution in [0.5, 0.6) is 11.5 Å². The largest absolute Gasteiger partial charge is 0.454 e. The Morgan fingerprint density at radius 3 is 2.84 bits per heavy atom. The van der Waals surface area contributed by atoms with Crippen molar-refractivity contribution >= 4 is 12.0 Å². The van der Waals surface area contributed by atoms with Crippen molar-refractivity contribution in [3.8, 4) is 34.5 Å². The number of hydrogen-bond donors (Lipinski definition) is 1. The molecule has 0 radical (unpaired) electrons. The van der Waals surface area contributed by atoms with Crippen molar-refractivity contribution in [2.24, 2.45) is 0 Å². The fourth-order valence-electron chi connectivity index (χ4n) is 3.14. The Morgan fingerprint density at radius 2 is 2.06 bits per heavy atom. The van der Waals surface area contributed by atoms with Crippen LogP contribution in [0.1, 0.15) is 5.56 Å². The molecule has 3 aromatic rings. The molecule has 0 fully saturated rings. The van der Waals surface area contributed by atoms with Gasteiger partial charge in [-0.05, 0) is 36.4 Å². The number of methoxy groups -OCH3 is 1. The number of nitrogens with one attached hydrogen (secondary N) is 1. The Labute approximate surface area is 179 Å². The lowest BCUT2D eigenvalue weighted by Gasteiger charge is -2.04. The van der Waals surface area contributed by atoms with E-state index in [9.17, 15) is 10.1 Å². The van der Waals surface area contributed by atoms with Gasteiger partial charge in [-0.25, -0.2) is 4.68 Å². The molecule has 0 bridgehead atoms. The smallest absolute Gasteiger partial charge is 0.262 e. The van der Waals surface area contributed by atoms with Crippen LogP contribution in [0.3, 0.4) is 0 Å². The van der Waals surface area contributed by atoms with Crippen LogP contribution < -0.4 is 14.8 Å². The zero-order valence-corrected chi connectivity index (χ0v) is 16.9. The highest BCUT2D eigenvalue weighted by atomic mass is 16.7. The van der Waals surface area contributed by atoms with Crippen LogP contribution in [-0.4, -0.2) is 42.7 Å². The SMILES string of the molecule is COCCNC(=O)/C(C#N)=C/c1cn(-c2ccccc2)nc1-c1ccc2c(c1)OCO2. The number of hydrogen-bond acceptors (Lipinski definition) is 6. The summed E-state index contributed by atoms with van der Waals surface area (Å²) in [6.07, 6.45) is 3.32. The van der Waals surface area contributed by atoms with E-state index >= 15 is 0 Å². The van der Waals surface area contributed by atoms with Gasteiger partial charge in [-0.3, -0.25) is 4.79 Å². The summed E-state index contributed by atoms with van der Waals surface area (Å²) < 4.78 is 17.5.